The van der Waals surface area contributed by atoms with E-state index in [-0.39, 0.29) is 35.5 Å². The fourth-order valence-electron chi connectivity index (χ4n) is 5.35. The van der Waals surface area contributed by atoms with Gasteiger partial charge in [0.25, 0.3) is 0 Å². The lowest BCUT2D eigenvalue weighted by Crippen LogP contribution is -2.53. The number of aromatic nitrogens is 2. The Labute approximate surface area is 196 Å². The quantitative estimate of drug-likeness (QED) is 0.482. The molecule has 1 aromatic heterocycles. The van der Waals surface area contributed by atoms with Crippen molar-refractivity contribution in [2.75, 3.05) is 5.32 Å². The van der Waals surface area contributed by atoms with E-state index in [4.69, 9.17) is 0 Å². The molecule has 2 fully saturated rings. The maximum Gasteiger partial charge on any atom is 0.322 e. The van der Waals surface area contributed by atoms with Crippen molar-refractivity contribution >= 4 is 34.3 Å². The number of urea groups is 1. The number of allylic oxidation sites excluding steroid dienone is 2. The van der Waals surface area contributed by atoms with Gasteiger partial charge in [0.15, 0.2) is 0 Å². The molecule has 2 N–H and O–H groups in total. The van der Waals surface area contributed by atoms with Gasteiger partial charge in [0, 0.05) is 12.8 Å². The Morgan fingerprint density at radius 3 is 2.36 bits per heavy atom. The predicted molar refractivity (Wildman–Crippen MR) is 124 cm³/mol. The van der Waals surface area contributed by atoms with Gasteiger partial charge in [-0.05, 0) is 36.7 Å². The standard InChI is InChI=1S/C24H27N5O3S/c1-2-6-18-27-28-24(33-18)26-23(32)25-17(13-14-7-4-3-5-8-14)29-21(30)19-15-9-10-16(12-11-15)20(19)22(29)31/h3-5,7-10,15-17,19-20H,2,6,11-13H2,1H3,(H2,25,26,28,32)/t15-,16-,17-,19+,20+/m0/s1. The molecule has 4 amide bonds. The average Bonchev–Trinajstić information content (AvgIpc) is 3.37. The normalized spacial score (nSPS) is 26.4. The Bertz CT molecular complexity index is 1050. The van der Waals surface area contributed by atoms with Crippen LogP contribution in [-0.4, -0.2) is 39.1 Å². The van der Waals surface area contributed by atoms with Crippen LogP contribution in [0.25, 0.3) is 0 Å². The molecule has 4 aliphatic rings. The number of carbonyl (C=O) groups is 3. The number of carbonyl (C=O) groups excluding carboxylic acids is 3. The molecule has 6 rings (SSSR count). The zero-order valence-corrected chi connectivity index (χ0v) is 19.3. The second kappa shape index (κ2) is 9.05. The lowest BCUT2D eigenvalue weighted by atomic mass is 9.63. The zero-order valence-electron chi connectivity index (χ0n) is 18.4. The molecular formula is C24H27N5O3S. The first-order chi connectivity index (χ1) is 16.0. The lowest BCUT2D eigenvalue weighted by molar-refractivity contribution is -0.143. The molecule has 0 unspecified atom stereocenters. The first kappa shape index (κ1) is 21.8. The fraction of sp³-hybridized carbons (Fsp3) is 0.458. The maximum atomic E-state index is 13.5. The van der Waals surface area contributed by atoms with Crippen LogP contribution in [0.5, 0.6) is 0 Å². The summed E-state index contributed by atoms with van der Waals surface area (Å²) in [5.74, 6) is -0.775. The number of fused-ring (bicyclic) bond motifs is 1. The van der Waals surface area contributed by atoms with E-state index in [0.717, 1.165) is 36.3 Å². The molecule has 172 valence electrons. The number of likely N-dealkylation sites (tertiary alicyclic amines) is 1. The van der Waals surface area contributed by atoms with E-state index in [9.17, 15) is 14.4 Å². The molecule has 2 aromatic rings. The second-order valence-corrected chi connectivity index (χ2v) is 10.0. The topological polar surface area (TPSA) is 104 Å². The summed E-state index contributed by atoms with van der Waals surface area (Å²) < 4.78 is 0. The van der Waals surface area contributed by atoms with Gasteiger partial charge in [0.2, 0.25) is 16.9 Å². The lowest BCUT2D eigenvalue weighted by Gasteiger charge is -2.38. The van der Waals surface area contributed by atoms with E-state index in [0.29, 0.717) is 11.6 Å². The molecule has 3 aliphatic carbocycles. The number of amides is 4. The van der Waals surface area contributed by atoms with E-state index in [1.54, 1.807) is 0 Å². The summed E-state index contributed by atoms with van der Waals surface area (Å²) in [6, 6.07) is 9.06. The van der Waals surface area contributed by atoms with Crippen LogP contribution in [0.4, 0.5) is 9.93 Å². The van der Waals surface area contributed by atoms with E-state index < -0.39 is 12.2 Å². The molecule has 1 aliphatic heterocycles. The van der Waals surface area contributed by atoms with Crippen molar-refractivity contribution in [1.82, 2.24) is 20.4 Å². The van der Waals surface area contributed by atoms with Crippen LogP contribution in [0.2, 0.25) is 0 Å². The number of hydrogen-bond acceptors (Lipinski definition) is 6. The van der Waals surface area contributed by atoms with Crippen molar-refractivity contribution in [2.45, 2.75) is 45.2 Å². The van der Waals surface area contributed by atoms with Crippen LogP contribution in [0.1, 0.15) is 36.8 Å². The molecule has 1 aromatic carbocycles. The Morgan fingerprint density at radius 1 is 1.09 bits per heavy atom. The summed E-state index contributed by atoms with van der Waals surface area (Å²) >= 11 is 1.33. The van der Waals surface area contributed by atoms with Crippen molar-refractivity contribution in [1.29, 1.82) is 0 Å². The van der Waals surface area contributed by atoms with Crippen LogP contribution in [-0.2, 0) is 22.4 Å². The SMILES string of the molecule is CCCc1nnc(NC(=O)N[C@H](Cc2ccccc2)N2C(=O)[C@H]3[C@H](C2=O)[C@H]2C=C[C@H]3CC2)s1. The summed E-state index contributed by atoms with van der Waals surface area (Å²) in [5.41, 5.74) is 0.931. The highest BCUT2D eigenvalue weighted by atomic mass is 32.1. The summed E-state index contributed by atoms with van der Waals surface area (Å²) in [6.45, 7) is 2.05. The minimum absolute atomic E-state index is 0.103. The number of anilines is 1. The third kappa shape index (κ3) is 4.17. The third-order valence-corrected chi connectivity index (χ3v) is 7.72. The van der Waals surface area contributed by atoms with Gasteiger partial charge in [-0.3, -0.25) is 19.8 Å². The number of hydrogen-bond donors (Lipinski definition) is 2. The first-order valence-electron chi connectivity index (χ1n) is 11.5. The Kier molecular flexibility index (Phi) is 5.97. The van der Waals surface area contributed by atoms with Gasteiger partial charge in [-0.25, -0.2) is 4.79 Å². The van der Waals surface area contributed by atoms with Gasteiger partial charge in [0.1, 0.15) is 11.2 Å². The Morgan fingerprint density at radius 2 is 1.76 bits per heavy atom. The van der Waals surface area contributed by atoms with Crippen molar-refractivity contribution in [3.8, 4) is 0 Å². The highest BCUT2D eigenvalue weighted by molar-refractivity contribution is 7.15. The molecule has 1 saturated carbocycles. The monoisotopic (exact) mass is 465 g/mol. The first-order valence-corrected chi connectivity index (χ1v) is 12.4. The summed E-state index contributed by atoms with van der Waals surface area (Å²) in [5, 5.41) is 14.9. The van der Waals surface area contributed by atoms with Crippen molar-refractivity contribution in [2.24, 2.45) is 23.7 Å². The van der Waals surface area contributed by atoms with Gasteiger partial charge >= 0.3 is 6.03 Å². The third-order valence-electron chi connectivity index (χ3n) is 6.83. The molecule has 0 radical (unpaired) electrons. The predicted octanol–water partition coefficient (Wildman–Crippen LogP) is 3.38. The van der Waals surface area contributed by atoms with Crippen LogP contribution in [0.3, 0.4) is 0 Å². The molecule has 1 saturated heterocycles. The number of rotatable bonds is 7. The van der Waals surface area contributed by atoms with Gasteiger partial charge < -0.3 is 5.32 Å². The van der Waals surface area contributed by atoms with Crippen molar-refractivity contribution in [3.05, 3.63) is 53.1 Å². The Balaban J connectivity index is 1.37. The van der Waals surface area contributed by atoms with Crippen LogP contribution in [0.15, 0.2) is 42.5 Å². The van der Waals surface area contributed by atoms with Gasteiger partial charge in [-0.2, -0.15) is 0 Å². The molecule has 5 atom stereocenters. The molecular weight excluding hydrogens is 438 g/mol. The van der Waals surface area contributed by atoms with Crippen LogP contribution >= 0.6 is 11.3 Å². The maximum absolute atomic E-state index is 13.5. The molecule has 9 heteroatoms. The van der Waals surface area contributed by atoms with Crippen LogP contribution < -0.4 is 10.6 Å². The number of nitrogens with one attached hydrogen (secondary N) is 2. The minimum Gasteiger partial charge on any atom is -0.317 e. The number of imide groups is 1. The minimum atomic E-state index is -0.777. The van der Waals surface area contributed by atoms with Gasteiger partial charge in [0.05, 0.1) is 11.8 Å². The highest BCUT2D eigenvalue weighted by Gasteiger charge is 2.58. The van der Waals surface area contributed by atoms with Crippen LogP contribution in [0, 0.1) is 23.7 Å². The zero-order chi connectivity index (χ0) is 22.9. The van der Waals surface area contributed by atoms with Crippen molar-refractivity contribution < 1.29 is 14.4 Å². The molecule has 8 nitrogen and oxygen atoms in total. The highest BCUT2D eigenvalue weighted by Crippen LogP contribution is 2.50. The number of nitrogens with zero attached hydrogens (tertiary/aromatic N) is 3. The Hall–Kier alpha value is -3.07. The van der Waals surface area contributed by atoms with Crippen molar-refractivity contribution in [3.63, 3.8) is 0 Å². The molecule has 2 bridgehead atoms. The van der Waals surface area contributed by atoms with E-state index in [1.165, 1.54) is 16.2 Å². The van der Waals surface area contributed by atoms with E-state index in [1.807, 2.05) is 30.3 Å². The number of benzene rings is 1. The average molecular weight is 466 g/mol. The summed E-state index contributed by atoms with van der Waals surface area (Å²) in [6.07, 6.45) is 7.37. The number of aryl methyl sites for hydroxylation is 1. The smallest absolute Gasteiger partial charge is 0.317 e. The van der Waals surface area contributed by atoms with E-state index in [2.05, 4.69) is 39.9 Å². The van der Waals surface area contributed by atoms with E-state index >= 15 is 0 Å². The van der Waals surface area contributed by atoms with Gasteiger partial charge in [-0.1, -0.05) is 60.7 Å². The molecule has 2 heterocycles. The summed E-state index contributed by atoms with van der Waals surface area (Å²) in [7, 11) is 0. The largest absolute Gasteiger partial charge is 0.322 e. The molecule has 0 spiro atoms. The van der Waals surface area contributed by atoms with Gasteiger partial charge in [-0.15, -0.1) is 10.2 Å². The second-order valence-electron chi connectivity index (χ2n) is 8.94. The molecule has 33 heavy (non-hydrogen) atoms. The fourth-order valence-corrected chi connectivity index (χ4v) is 6.19. The summed E-state index contributed by atoms with van der Waals surface area (Å²) in [4.78, 5) is 41.1.